The van der Waals surface area contributed by atoms with Crippen LogP contribution in [0.15, 0.2) is 65.2 Å². The highest BCUT2D eigenvalue weighted by Gasteiger charge is 2.29. The zero-order valence-electron chi connectivity index (χ0n) is 17.4. The number of halogens is 1. The van der Waals surface area contributed by atoms with Crippen LogP contribution in [-0.4, -0.2) is 48.2 Å². The second kappa shape index (κ2) is 13.5. The molecular formula is C22H25BrN2O7. The zero-order valence-corrected chi connectivity index (χ0v) is 18.9. The van der Waals surface area contributed by atoms with Gasteiger partial charge in [0, 0.05) is 28.4 Å². The molecule has 0 unspecified atom stereocenters. The number of hydrogen-bond acceptors (Lipinski definition) is 7. The Morgan fingerprint density at radius 2 is 1.88 bits per heavy atom. The average Bonchev–Trinajstić information content (AvgIpc) is 2.80. The minimum atomic E-state index is -1.01. The van der Waals surface area contributed by atoms with Crippen LogP contribution in [0.2, 0.25) is 0 Å². The summed E-state index contributed by atoms with van der Waals surface area (Å²) in [6, 6.07) is 13.8. The van der Waals surface area contributed by atoms with E-state index in [2.05, 4.69) is 21.2 Å². The average molecular weight is 509 g/mol. The molecule has 0 saturated heterocycles. The second-order valence-electron chi connectivity index (χ2n) is 6.32. The first-order valence-electron chi connectivity index (χ1n) is 9.78. The van der Waals surface area contributed by atoms with Gasteiger partial charge in [0.1, 0.15) is 18.5 Å². The molecule has 0 saturated carbocycles. The highest BCUT2D eigenvalue weighted by atomic mass is 79.9. The van der Waals surface area contributed by atoms with Gasteiger partial charge >= 0.3 is 6.09 Å². The standard InChI is InChI=1S/C22H25BrN2O7/c1-2-30-19(11-12-20(27)25-29)21(17-5-3-4-6-18(17)31-14-13-26)32-22(28)24-16-9-7-15(23)8-10-16/h3-12,19,21,26,29H,2,13-14H2,1H3,(H,24,28)(H,25,27)/b12-11+/t19-,21-/m0/s1. The molecule has 0 heterocycles. The van der Waals surface area contributed by atoms with E-state index < -0.39 is 24.2 Å². The van der Waals surface area contributed by atoms with Crippen molar-refractivity contribution in [2.24, 2.45) is 0 Å². The Bertz CT molecular complexity index is 905. The van der Waals surface area contributed by atoms with Gasteiger partial charge in [-0.1, -0.05) is 34.1 Å². The lowest BCUT2D eigenvalue weighted by Crippen LogP contribution is -2.28. The summed E-state index contributed by atoms with van der Waals surface area (Å²) in [7, 11) is 0. The van der Waals surface area contributed by atoms with Crippen LogP contribution in [0.4, 0.5) is 10.5 Å². The molecule has 9 nitrogen and oxygen atoms in total. The predicted octanol–water partition coefficient (Wildman–Crippen LogP) is 3.58. The van der Waals surface area contributed by atoms with Crippen LogP contribution in [0.25, 0.3) is 0 Å². The maximum atomic E-state index is 12.7. The first kappa shape index (κ1) is 25.3. The maximum Gasteiger partial charge on any atom is 0.412 e. The SMILES string of the molecule is CCO[C@@H](/C=C/C(=O)NO)[C@@H](OC(=O)Nc1ccc(Br)cc1)c1ccccc1OCCO. The number of rotatable bonds is 11. The van der Waals surface area contributed by atoms with E-state index in [0.717, 1.165) is 10.5 Å². The van der Waals surface area contributed by atoms with Gasteiger partial charge in [-0.05, 0) is 43.3 Å². The smallest absolute Gasteiger partial charge is 0.412 e. The number of nitrogens with one attached hydrogen (secondary N) is 2. The van der Waals surface area contributed by atoms with Crippen molar-refractivity contribution in [3.05, 3.63) is 70.7 Å². The number of anilines is 1. The topological polar surface area (TPSA) is 126 Å². The van der Waals surface area contributed by atoms with Crippen molar-refractivity contribution in [1.29, 1.82) is 0 Å². The van der Waals surface area contributed by atoms with Crippen molar-refractivity contribution < 1.29 is 34.1 Å². The van der Waals surface area contributed by atoms with Gasteiger partial charge in [0.2, 0.25) is 0 Å². The molecule has 2 amide bonds. The highest BCUT2D eigenvalue weighted by Crippen LogP contribution is 2.33. The minimum Gasteiger partial charge on any atom is -0.491 e. The van der Waals surface area contributed by atoms with Gasteiger partial charge in [-0.25, -0.2) is 10.3 Å². The first-order chi connectivity index (χ1) is 15.5. The summed E-state index contributed by atoms with van der Waals surface area (Å²) in [4.78, 5) is 24.2. The summed E-state index contributed by atoms with van der Waals surface area (Å²) in [5.74, 6) is -0.384. The molecule has 0 bridgehead atoms. The van der Waals surface area contributed by atoms with Crippen LogP contribution in [0.3, 0.4) is 0 Å². The predicted molar refractivity (Wildman–Crippen MR) is 120 cm³/mol. The molecule has 4 N–H and O–H groups in total. The van der Waals surface area contributed by atoms with Gasteiger partial charge in [0.05, 0.1) is 6.61 Å². The van der Waals surface area contributed by atoms with Crippen molar-refractivity contribution in [3.8, 4) is 5.75 Å². The van der Waals surface area contributed by atoms with Crippen molar-refractivity contribution in [3.63, 3.8) is 0 Å². The molecule has 2 aromatic carbocycles. The van der Waals surface area contributed by atoms with E-state index in [1.807, 2.05) is 0 Å². The molecule has 0 aliphatic rings. The number of aliphatic hydroxyl groups is 1. The number of hydrogen-bond donors (Lipinski definition) is 4. The number of amides is 2. The van der Waals surface area contributed by atoms with Crippen LogP contribution in [0, 0.1) is 0 Å². The summed E-state index contributed by atoms with van der Waals surface area (Å²) in [5.41, 5.74) is 2.49. The summed E-state index contributed by atoms with van der Waals surface area (Å²) in [5, 5.41) is 20.5. The maximum absolute atomic E-state index is 12.7. The molecule has 0 aliphatic carbocycles. The van der Waals surface area contributed by atoms with Crippen molar-refractivity contribution in [1.82, 2.24) is 5.48 Å². The summed E-state index contributed by atoms with van der Waals surface area (Å²) in [6.07, 6.45) is -0.204. The van der Waals surface area contributed by atoms with Gasteiger partial charge in [-0.15, -0.1) is 0 Å². The monoisotopic (exact) mass is 508 g/mol. The zero-order chi connectivity index (χ0) is 23.3. The molecule has 0 radical (unpaired) electrons. The highest BCUT2D eigenvalue weighted by molar-refractivity contribution is 9.10. The fourth-order valence-electron chi connectivity index (χ4n) is 2.76. The molecule has 2 aromatic rings. The molecule has 32 heavy (non-hydrogen) atoms. The van der Waals surface area contributed by atoms with Gasteiger partial charge in [-0.3, -0.25) is 15.3 Å². The Morgan fingerprint density at radius 1 is 1.16 bits per heavy atom. The molecule has 2 atom stereocenters. The number of hydroxylamine groups is 1. The van der Waals surface area contributed by atoms with Crippen molar-refractivity contribution in [2.45, 2.75) is 19.1 Å². The summed E-state index contributed by atoms with van der Waals surface area (Å²) >= 11 is 3.33. The Balaban J connectivity index is 2.36. The van der Waals surface area contributed by atoms with Gasteiger partial charge < -0.3 is 19.3 Å². The lowest BCUT2D eigenvalue weighted by Gasteiger charge is -2.27. The summed E-state index contributed by atoms with van der Waals surface area (Å²) in [6.45, 7) is 1.84. The van der Waals surface area contributed by atoms with Crippen LogP contribution in [-0.2, 0) is 14.3 Å². The fourth-order valence-corrected chi connectivity index (χ4v) is 3.03. The molecule has 0 aromatic heterocycles. The Kier molecular flexibility index (Phi) is 10.7. The van der Waals surface area contributed by atoms with Crippen molar-refractivity contribution in [2.75, 3.05) is 25.1 Å². The fraction of sp³-hybridized carbons (Fsp3) is 0.273. The normalized spacial score (nSPS) is 12.8. The van der Waals surface area contributed by atoms with Crippen LogP contribution in [0.5, 0.6) is 5.75 Å². The molecule has 0 aliphatic heterocycles. The third-order valence-electron chi connectivity index (χ3n) is 4.10. The lowest BCUT2D eigenvalue weighted by atomic mass is 10.0. The van der Waals surface area contributed by atoms with Crippen LogP contribution >= 0.6 is 15.9 Å². The van der Waals surface area contributed by atoms with E-state index in [1.165, 1.54) is 11.6 Å². The van der Waals surface area contributed by atoms with Crippen molar-refractivity contribution >= 4 is 33.6 Å². The Labute approximate surface area is 194 Å². The number of para-hydroxylation sites is 1. The number of aliphatic hydroxyl groups excluding tert-OH is 1. The third-order valence-corrected chi connectivity index (χ3v) is 4.63. The van der Waals surface area contributed by atoms with E-state index in [4.69, 9.17) is 24.5 Å². The third kappa shape index (κ3) is 7.97. The Hall–Kier alpha value is -2.92. The number of benzene rings is 2. The molecule has 10 heteroatoms. The van der Waals surface area contributed by atoms with E-state index >= 15 is 0 Å². The van der Waals surface area contributed by atoms with Crippen LogP contribution < -0.4 is 15.5 Å². The summed E-state index contributed by atoms with van der Waals surface area (Å²) < 4.78 is 17.9. The largest absolute Gasteiger partial charge is 0.491 e. The van der Waals surface area contributed by atoms with E-state index in [0.29, 0.717) is 17.0 Å². The molecule has 2 rings (SSSR count). The lowest BCUT2D eigenvalue weighted by molar-refractivity contribution is -0.124. The van der Waals surface area contributed by atoms with E-state index in [9.17, 15) is 9.59 Å². The minimum absolute atomic E-state index is 0.0386. The van der Waals surface area contributed by atoms with E-state index in [1.54, 1.807) is 55.5 Å². The molecule has 0 fully saturated rings. The van der Waals surface area contributed by atoms with Gasteiger partial charge in [0.15, 0.2) is 6.10 Å². The molecular weight excluding hydrogens is 484 g/mol. The first-order valence-corrected chi connectivity index (χ1v) is 10.6. The number of ether oxygens (including phenoxy) is 3. The molecule has 0 spiro atoms. The number of carbonyl (C=O) groups excluding carboxylic acids is 2. The number of carbonyl (C=O) groups is 2. The van der Waals surface area contributed by atoms with Crippen LogP contribution in [0.1, 0.15) is 18.6 Å². The Morgan fingerprint density at radius 3 is 2.53 bits per heavy atom. The molecule has 172 valence electrons. The van der Waals surface area contributed by atoms with Gasteiger partial charge in [-0.2, -0.15) is 0 Å². The van der Waals surface area contributed by atoms with E-state index in [-0.39, 0.29) is 19.8 Å². The second-order valence-corrected chi connectivity index (χ2v) is 7.24. The quantitative estimate of drug-likeness (QED) is 0.207. The van der Waals surface area contributed by atoms with Gasteiger partial charge in [0.25, 0.3) is 5.91 Å².